The van der Waals surface area contributed by atoms with E-state index in [1.807, 2.05) is 13.0 Å². The van der Waals surface area contributed by atoms with Gasteiger partial charge in [0.15, 0.2) is 5.82 Å². The molecule has 0 saturated carbocycles. The molecule has 0 aliphatic carbocycles. The summed E-state index contributed by atoms with van der Waals surface area (Å²) in [4.78, 5) is 23.1. The van der Waals surface area contributed by atoms with Crippen molar-refractivity contribution in [1.82, 2.24) is 20.0 Å². The summed E-state index contributed by atoms with van der Waals surface area (Å²) in [5.41, 5.74) is 0. The predicted octanol–water partition coefficient (Wildman–Crippen LogP) is 2.79. The molecule has 1 saturated heterocycles. The van der Waals surface area contributed by atoms with Gasteiger partial charge < -0.3 is 14.6 Å². The molecule has 0 radical (unpaired) electrons. The first-order valence-electron chi connectivity index (χ1n) is 8.55. The van der Waals surface area contributed by atoms with Gasteiger partial charge in [-0.15, -0.1) is 0 Å². The second kappa shape index (κ2) is 8.70. The molecular formula is C17H22BrN5O3. The molecule has 9 heteroatoms. The highest BCUT2D eigenvalue weighted by Crippen LogP contribution is 2.21. The average Bonchev–Trinajstić information content (AvgIpc) is 3.12. The summed E-state index contributed by atoms with van der Waals surface area (Å²) in [6, 6.07) is 3.64. The number of aromatic nitrogens is 3. The Kier molecular flexibility index (Phi) is 6.33. The molecule has 1 atom stereocenters. The Morgan fingerprint density at radius 1 is 1.46 bits per heavy atom. The molecule has 1 aliphatic heterocycles. The standard InChI is InChI=1S/C17H22BrN5O3/c1-11(25-2)16-21-15(26-22-16)10-23-7-5-12(6-8-23)17(24)20-14-4-3-13(18)9-19-14/h3-4,9,11-12H,5-8,10H2,1-2H3,(H,19,20,24)/t11-/m0/s1. The van der Waals surface area contributed by atoms with Crippen LogP contribution in [0.2, 0.25) is 0 Å². The van der Waals surface area contributed by atoms with Gasteiger partial charge in [0.05, 0.1) is 6.54 Å². The van der Waals surface area contributed by atoms with Crippen LogP contribution in [0.15, 0.2) is 27.3 Å². The van der Waals surface area contributed by atoms with Crippen molar-refractivity contribution >= 4 is 27.7 Å². The fraction of sp³-hybridized carbons (Fsp3) is 0.529. The van der Waals surface area contributed by atoms with E-state index in [0.717, 1.165) is 30.4 Å². The summed E-state index contributed by atoms with van der Waals surface area (Å²) in [6.07, 6.45) is 3.06. The number of amides is 1. The van der Waals surface area contributed by atoms with Crippen LogP contribution < -0.4 is 5.32 Å². The van der Waals surface area contributed by atoms with Crippen LogP contribution in [0.5, 0.6) is 0 Å². The third kappa shape index (κ3) is 4.87. The van der Waals surface area contributed by atoms with Gasteiger partial charge in [-0.2, -0.15) is 4.98 Å². The van der Waals surface area contributed by atoms with Gasteiger partial charge in [-0.25, -0.2) is 4.98 Å². The van der Waals surface area contributed by atoms with Crippen molar-refractivity contribution in [3.8, 4) is 0 Å². The van der Waals surface area contributed by atoms with Gasteiger partial charge in [-0.05, 0) is 60.9 Å². The minimum Gasteiger partial charge on any atom is -0.374 e. The maximum atomic E-state index is 12.4. The van der Waals surface area contributed by atoms with Crippen molar-refractivity contribution in [1.29, 1.82) is 0 Å². The summed E-state index contributed by atoms with van der Waals surface area (Å²) in [7, 11) is 1.61. The van der Waals surface area contributed by atoms with Gasteiger partial charge in [-0.3, -0.25) is 9.69 Å². The highest BCUT2D eigenvalue weighted by atomic mass is 79.9. The second-order valence-corrected chi connectivity index (χ2v) is 7.24. The van der Waals surface area contributed by atoms with Gasteiger partial charge in [0.1, 0.15) is 11.9 Å². The number of hydrogen-bond donors (Lipinski definition) is 1. The Balaban J connectivity index is 1.47. The molecule has 0 unspecified atom stereocenters. The van der Waals surface area contributed by atoms with Crippen LogP contribution in [-0.4, -0.2) is 46.1 Å². The number of carbonyl (C=O) groups excluding carboxylic acids is 1. The number of anilines is 1. The fourth-order valence-electron chi connectivity index (χ4n) is 2.83. The Morgan fingerprint density at radius 2 is 2.23 bits per heavy atom. The molecule has 8 nitrogen and oxygen atoms in total. The number of rotatable bonds is 6. The molecule has 1 aliphatic rings. The van der Waals surface area contributed by atoms with Crippen LogP contribution in [-0.2, 0) is 16.1 Å². The van der Waals surface area contributed by atoms with E-state index in [0.29, 0.717) is 24.1 Å². The molecule has 2 aromatic heterocycles. The van der Waals surface area contributed by atoms with E-state index in [9.17, 15) is 4.79 Å². The molecule has 0 bridgehead atoms. The average molecular weight is 424 g/mol. The van der Waals surface area contributed by atoms with Gasteiger partial charge >= 0.3 is 0 Å². The highest BCUT2D eigenvalue weighted by molar-refractivity contribution is 9.10. The van der Waals surface area contributed by atoms with Gasteiger partial charge in [-0.1, -0.05) is 5.16 Å². The zero-order valence-corrected chi connectivity index (χ0v) is 16.4. The van der Waals surface area contributed by atoms with E-state index in [1.165, 1.54) is 0 Å². The van der Waals surface area contributed by atoms with Gasteiger partial charge in [0.25, 0.3) is 0 Å². The first-order chi connectivity index (χ1) is 12.5. The lowest BCUT2D eigenvalue weighted by molar-refractivity contribution is -0.121. The third-order valence-electron chi connectivity index (χ3n) is 4.50. The molecule has 3 rings (SSSR count). The molecule has 26 heavy (non-hydrogen) atoms. The Morgan fingerprint density at radius 3 is 2.88 bits per heavy atom. The molecule has 1 amide bonds. The lowest BCUT2D eigenvalue weighted by atomic mass is 9.96. The molecular weight excluding hydrogens is 402 g/mol. The normalized spacial score (nSPS) is 17.2. The summed E-state index contributed by atoms with van der Waals surface area (Å²) in [5.74, 6) is 1.72. The van der Waals surface area contributed by atoms with Crippen LogP contribution in [0.3, 0.4) is 0 Å². The first-order valence-corrected chi connectivity index (χ1v) is 9.34. The first kappa shape index (κ1) is 18.9. The topological polar surface area (TPSA) is 93.4 Å². The van der Waals surface area contributed by atoms with Crippen LogP contribution in [0.1, 0.15) is 37.6 Å². The number of nitrogens with one attached hydrogen (secondary N) is 1. The largest absolute Gasteiger partial charge is 0.374 e. The minimum atomic E-state index is -0.186. The number of hydrogen-bond acceptors (Lipinski definition) is 7. The minimum absolute atomic E-state index is 0.0107. The molecule has 2 aromatic rings. The van der Waals surface area contributed by atoms with Gasteiger partial charge in [0, 0.05) is 23.7 Å². The van der Waals surface area contributed by atoms with Gasteiger partial charge in [0.2, 0.25) is 11.8 Å². The summed E-state index contributed by atoms with van der Waals surface area (Å²) in [5, 5.41) is 6.82. The molecule has 1 N–H and O–H groups in total. The monoisotopic (exact) mass is 423 g/mol. The lowest BCUT2D eigenvalue weighted by Crippen LogP contribution is -2.37. The number of halogens is 1. The highest BCUT2D eigenvalue weighted by Gasteiger charge is 2.26. The van der Waals surface area contributed by atoms with Crippen molar-refractivity contribution in [2.45, 2.75) is 32.4 Å². The maximum absolute atomic E-state index is 12.4. The van der Waals surface area contributed by atoms with Crippen molar-refractivity contribution < 1.29 is 14.1 Å². The van der Waals surface area contributed by atoms with E-state index in [4.69, 9.17) is 9.26 Å². The van der Waals surface area contributed by atoms with E-state index >= 15 is 0 Å². The maximum Gasteiger partial charge on any atom is 0.240 e. The lowest BCUT2D eigenvalue weighted by Gasteiger charge is -2.30. The SMILES string of the molecule is CO[C@@H](C)c1noc(CN2CCC(C(=O)Nc3ccc(Br)cn3)CC2)n1. The van der Waals surface area contributed by atoms with Crippen molar-refractivity contribution in [2.24, 2.45) is 5.92 Å². The zero-order chi connectivity index (χ0) is 18.5. The van der Waals surface area contributed by atoms with Crippen molar-refractivity contribution in [2.75, 3.05) is 25.5 Å². The number of pyridine rings is 1. The van der Waals surface area contributed by atoms with E-state index < -0.39 is 0 Å². The van der Waals surface area contributed by atoms with Crippen LogP contribution in [0.25, 0.3) is 0 Å². The fourth-order valence-corrected chi connectivity index (χ4v) is 3.06. The predicted molar refractivity (Wildman–Crippen MR) is 98.3 cm³/mol. The summed E-state index contributed by atoms with van der Waals surface area (Å²) >= 11 is 3.33. The van der Waals surface area contributed by atoms with Crippen LogP contribution >= 0.6 is 15.9 Å². The molecule has 0 aromatic carbocycles. The quantitative estimate of drug-likeness (QED) is 0.762. The molecule has 1 fully saturated rings. The third-order valence-corrected chi connectivity index (χ3v) is 4.97. The van der Waals surface area contributed by atoms with E-state index in [1.54, 1.807) is 19.4 Å². The Bertz CT molecular complexity index is 728. The van der Waals surface area contributed by atoms with Crippen molar-refractivity contribution in [3.05, 3.63) is 34.5 Å². The molecule has 140 valence electrons. The number of nitrogens with zero attached hydrogens (tertiary/aromatic N) is 4. The Hall–Kier alpha value is -1.84. The van der Waals surface area contributed by atoms with E-state index in [-0.39, 0.29) is 17.9 Å². The van der Waals surface area contributed by atoms with Crippen molar-refractivity contribution in [3.63, 3.8) is 0 Å². The second-order valence-electron chi connectivity index (χ2n) is 6.33. The summed E-state index contributed by atoms with van der Waals surface area (Å²) in [6.45, 7) is 4.08. The zero-order valence-electron chi connectivity index (χ0n) is 14.8. The van der Waals surface area contributed by atoms with E-state index in [2.05, 4.69) is 41.3 Å². The number of methoxy groups -OCH3 is 1. The number of carbonyl (C=O) groups is 1. The van der Waals surface area contributed by atoms with Crippen LogP contribution in [0, 0.1) is 5.92 Å². The summed E-state index contributed by atoms with van der Waals surface area (Å²) < 4.78 is 11.3. The van der Waals surface area contributed by atoms with Crippen LogP contribution in [0.4, 0.5) is 5.82 Å². The molecule has 0 spiro atoms. The number of piperidine rings is 1. The smallest absolute Gasteiger partial charge is 0.240 e. The number of likely N-dealkylation sites (tertiary alicyclic amines) is 1. The Labute approximate surface area is 160 Å². The molecule has 3 heterocycles. The number of ether oxygens (including phenoxy) is 1.